The molecule has 1 aliphatic heterocycles. The number of nitrogens with zero attached hydrogens (tertiary/aromatic N) is 3. The molecule has 8 heteroatoms. The predicted molar refractivity (Wildman–Crippen MR) is 124 cm³/mol. The van der Waals surface area contributed by atoms with Crippen LogP contribution in [-0.2, 0) is 14.3 Å². The van der Waals surface area contributed by atoms with Crippen molar-refractivity contribution in [3.05, 3.63) is 70.5 Å². The second-order valence-electron chi connectivity index (χ2n) is 8.39. The average molecular weight is 472 g/mol. The monoisotopic (exact) mass is 471 g/mol. The van der Waals surface area contributed by atoms with Gasteiger partial charge >= 0.3 is 0 Å². The highest BCUT2D eigenvalue weighted by atomic mass is 35.5. The number of benzene rings is 2. The first kappa shape index (κ1) is 23.4. The largest absolute Gasteiger partial charge is 0.383 e. The highest BCUT2D eigenvalue weighted by Crippen LogP contribution is 2.36. The molecule has 2 amide bonds. The molecule has 174 valence electrons. The first-order valence-electron chi connectivity index (χ1n) is 11.2. The molecular formula is C25H27ClFN3O3. The molecule has 2 aromatic carbocycles. The summed E-state index contributed by atoms with van der Waals surface area (Å²) in [5.74, 6) is -0.854. The molecule has 1 heterocycles. The number of carbonyl (C=O) groups is 2. The number of amides is 2. The number of halogens is 2. The van der Waals surface area contributed by atoms with Gasteiger partial charge in [-0.3, -0.25) is 9.59 Å². The van der Waals surface area contributed by atoms with E-state index in [0.717, 1.165) is 19.3 Å². The number of rotatable bonds is 8. The summed E-state index contributed by atoms with van der Waals surface area (Å²) in [4.78, 5) is 27.9. The zero-order chi connectivity index (χ0) is 23.4. The number of carbonyl (C=O) groups excluding carboxylic acids is 2. The van der Waals surface area contributed by atoms with Crippen LogP contribution in [0.25, 0.3) is 0 Å². The van der Waals surface area contributed by atoms with Gasteiger partial charge in [0.1, 0.15) is 12.4 Å². The molecule has 1 fully saturated rings. The van der Waals surface area contributed by atoms with Gasteiger partial charge in [0.15, 0.2) is 0 Å². The Hall–Kier alpha value is -2.77. The van der Waals surface area contributed by atoms with E-state index in [4.69, 9.17) is 16.3 Å². The molecule has 1 atom stereocenters. The van der Waals surface area contributed by atoms with Crippen LogP contribution in [0.15, 0.2) is 53.6 Å². The van der Waals surface area contributed by atoms with Gasteiger partial charge in [-0.2, -0.15) is 5.10 Å². The standard InChI is InChI=1S/C25H27ClFN3O3/c1-33-14-13-29(25(32)17-7-6-8-17)16-24(31)30-23(19-10-3-5-12-21(19)27)15-22(28-30)18-9-2-4-11-20(18)26/h2-5,9-12,17,23H,6-8,13-16H2,1H3/t23-/m0/s1. The van der Waals surface area contributed by atoms with Crippen molar-refractivity contribution in [3.63, 3.8) is 0 Å². The van der Waals surface area contributed by atoms with Crippen LogP contribution in [-0.4, -0.2) is 54.2 Å². The van der Waals surface area contributed by atoms with Crippen molar-refractivity contribution >= 4 is 29.1 Å². The Morgan fingerprint density at radius 2 is 1.91 bits per heavy atom. The number of ether oxygens (including phenoxy) is 1. The summed E-state index contributed by atoms with van der Waals surface area (Å²) in [5, 5.41) is 6.39. The second-order valence-corrected chi connectivity index (χ2v) is 8.79. The SMILES string of the molecule is COCCN(CC(=O)N1N=C(c2ccccc2Cl)C[C@H]1c1ccccc1F)C(=O)C1CCC1. The lowest BCUT2D eigenvalue weighted by Crippen LogP contribution is -2.46. The molecule has 2 aromatic rings. The Morgan fingerprint density at radius 1 is 1.18 bits per heavy atom. The molecule has 4 rings (SSSR count). The van der Waals surface area contributed by atoms with Crippen molar-refractivity contribution in [1.29, 1.82) is 0 Å². The van der Waals surface area contributed by atoms with E-state index in [-0.39, 0.29) is 24.3 Å². The van der Waals surface area contributed by atoms with E-state index >= 15 is 0 Å². The number of hydrogen-bond acceptors (Lipinski definition) is 4. The highest BCUT2D eigenvalue weighted by molar-refractivity contribution is 6.34. The van der Waals surface area contributed by atoms with Crippen molar-refractivity contribution in [1.82, 2.24) is 9.91 Å². The Balaban J connectivity index is 1.62. The quantitative estimate of drug-likeness (QED) is 0.572. The van der Waals surface area contributed by atoms with E-state index < -0.39 is 11.9 Å². The molecule has 0 aromatic heterocycles. The van der Waals surface area contributed by atoms with Crippen LogP contribution in [0, 0.1) is 11.7 Å². The molecule has 1 saturated carbocycles. The molecule has 0 bridgehead atoms. The van der Waals surface area contributed by atoms with Crippen molar-refractivity contribution in [2.75, 3.05) is 26.8 Å². The average Bonchev–Trinajstić information content (AvgIpc) is 3.21. The van der Waals surface area contributed by atoms with E-state index in [0.29, 0.717) is 41.4 Å². The lowest BCUT2D eigenvalue weighted by Gasteiger charge is -2.32. The summed E-state index contributed by atoms with van der Waals surface area (Å²) in [6.45, 7) is 0.510. The summed E-state index contributed by atoms with van der Waals surface area (Å²) >= 11 is 6.37. The second kappa shape index (κ2) is 10.4. The molecule has 0 radical (unpaired) electrons. The third-order valence-electron chi connectivity index (χ3n) is 6.27. The number of methoxy groups -OCH3 is 1. The van der Waals surface area contributed by atoms with Gasteiger partial charge < -0.3 is 9.64 Å². The predicted octanol–water partition coefficient (Wildman–Crippen LogP) is 4.43. The third-order valence-corrected chi connectivity index (χ3v) is 6.60. The van der Waals surface area contributed by atoms with Gasteiger partial charge in [-0.25, -0.2) is 9.40 Å². The van der Waals surface area contributed by atoms with Gasteiger partial charge in [-0.1, -0.05) is 54.4 Å². The molecule has 2 aliphatic rings. The third kappa shape index (κ3) is 5.09. The Labute approximate surface area is 198 Å². The van der Waals surface area contributed by atoms with Crippen LogP contribution in [0.4, 0.5) is 4.39 Å². The Bertz CT molecular complexity index is 1060. The van der Waals surface area contributed by atoms with Gasteiger partial charge in [0.25, 0.3) is 5.91 Å². The van der Waals surface area contributed by atoms with E-state index in [9.17, 15) is 14.0 Å². The van der Waals surface area contributed by atoms with E-state index in [1.807, 2.05) is 18.2 Å². The first-order valence-corrected chi connectivity index (χ1v) is 11.5. The van der Waals surface area contributed by atoms with Crippen LogP contribution < -0.4 is 0 Å². The number of hydrogen-bond donors (Lipinski definition) is 0. The minimum absolute atomic E-state index is 0.0383. The van der Waals surface area contributed by atoms with Gasteiger partial charge in [0.2, 0.25) is 5.91 Å². The van der Waals surface area contributed by atoms with Gasteiger partial charge in [-0.15, -0.1) is 0 Å². The normalized spacial score (nSPS) is 18.1. The number of hydrazone groups is 1. The molecule has 0 unspecified atom stereocenters. The molecular weight excluding hydrogens is 445 g/mol. The van der Waals surface area contributed by atoms with Crippen molar-refractivity contribution < 1.29 is 18.7 Å². The van der Waals surface area contributed by atoms with Crippen molar-refractivity contribution in [2.24, 2.45) is 11.0 Å². The molecule has 1 aliphatic carbocycles. The molecule has 33 heavy (non-hydrogen) atoms. The van der Waals surface area contributed by atoms with E-state index in [1.54, 1.807) is 31.4 Å². The fraction of sp³-hybridized carbons (Fsp3) is 0.400. The lowest BCUT2D eigenvalue weighted by atomic mass is 9.84. The topological polar surface area (TPSA) is 62.2 Å². The maximum atomic E-state index is 14.7. The van der Waals surface area contributed by atoms with Crippen molar-refractivity contribution in [3.8, 4) is 0 Å². The molecule has 0 spiro atoms. The van der Waals surface area contributed by atoms with Crippen LogP contribution in [0.5, 0.6) is 0 Å². The van der Waals surface area contributed by atoms with Gasteiger partial charge in [-0.05, 0) is 25.0 Å². The van der Waals surface area contributed by atoms with Crippen LogP contribution in [0.3, 0.4) is 0 Å². The molecule has 6 nitrogen and oxygen atoms in total. The summed E-state index contributed by atoms with van der Waals surface area (Å²) in [5.41, 5.74) is 1.69. The minimum Gasteiger partial charge on any atom is -0.383 e. The van der Waals surface area contributed by atoms with E-state index in [1.165, 1.54) is 16.0 Å². The maximum Gasteiger partial charge on any atom is 0.262 e. The summed E-state index contributed by atoms with van der Waals surface area (Å²) in [6.07, 6.45) is 3.03. The molecule has 0 N–H and O–H groups in total. The van der Waals surface area contributed by atoms with Gasteiger partial charge in [0.05, 0.1) is 18.4 Å². The summed E-state index contributed by atoms with van der Waals surface area (Å²) in [7, 11) is 1.56. The zero-order valence-corrected chi connectivity index (χ0v) is 19.3. The van der Waals surface area contributed by atoms with E-state index in [2.05, 4.69) is 5.10 Å². The fourth-order valence-corrected chi connectivity index (χ4v) is 4.45. The highest BCUT2D eigenvalue weighted by Gasteiger charge is 2.37. The first-order chi connectivity index (χ1) is 16.0. The van der Waals surface area contributed by atoms with Crippen LogP contribution in [0.2, 0.25) is 5.02 Å². The zero-order valence-electron chi connectivity index (χ0n) is 18.5. The smallest absolute Gasteiger partial charge is 0.262 e. The van der Waals surface area contributed by atoms with Gasteiger partial charge in [0, 0.05) is 42.1 Å². The molecule has 0 saturated heterocycles. The van der Waals surface area contributed by atoms with Crippen LogP contribution >= 0.6 is 11.6 Å². The Morgan fingerprint density at radius 3 is 2.58 bits per heavy atom. The summed E-state index contributed by atoms with van der Waals surface area (Å²) in [6, 6.07) is 13.0. The summed E-state index contributed by atoms with van der Waals surface area (Å²) < 4.78 is 19.9. The fourth-order valence-electron chi connectivity index (χ4n) is 4.20. The van der Waals surface area contributed by atoms with Crippen molar-refractivity contribution in [2.45, 2.75) is 31.7 Å². The maximum absolute atomic E-state index is 14.7. The lowest BCUT2D eigenvalue weighted by molar-refractivity contribution is -0.146. The minimum atomic E-state index is -0.618. The Kier molecular flexibility index (Phi) is 7.40. The van der Waals surface area contributed by atoms with Crippen LogP contribution in [0.1, 0.15) is 42.9 Å².